The van der Waals surface area contributed by atoms with Crippen molar-refractivity contribution in [3.05, 3.63) is 0 Å². The molecule has 1 nitrogen and oxygen atoms in total. The number of unbranched alkanes of at least 4 members (excludes halogenated alkanes) is 1. The Kier molecular flexibility index (Phi) is 8.09. The van der Waals surface area contributed by atoms with E-state index in [4.69, 9.17) is 0 Å². The lowest BCUT2D eigenvalue weighted by molar-refractivity contribution is 0.189. The van der Waals surface area contributed by atoms with Crippen molar-refractivity contribution in [2.75, 3.05) is 6.61 Å². The molecule has 1 N–H and O–H groups in total. The molecule has 0 saturated carbocycles. The van der Waals surface area contributed by atoms with Gasteiger partial charge in [-0.05, 0) is 36.5 Å². The highest BCUT2D eigenvalue weighted by atomic mass is 16.3. The van der Waals surface area contributed by atoms with Crippen LogP contribution in [0.4, 0.5) is 0 Å². The molecule has 0 fully saturated rings. The second kappa shape index (κ2) is 8.11. The molecule has 0 heterocycles. The highest BCUT2D eigenvalue weighted by Gasteiger charge is 2.14. The second-order valence-electron chi connectivity index (χ2n) is 6.83. The molecule has 0 amide bonds. The normalized spacial score (nSPS) is 14.4. The second-order valence-corrected chi connectivity index (χ2v) is 6.83. The van der Waals surface area contributed by atoms with Gasteiger partial charge in [0, 0.05) is 6.61 Å². The standard InChI is InChI=1S/C15H32O/c1-13(2)8-6-7-9-14(12-16)10-11-15(3,4)5/h13-14,16H,6-12H2,1-5H3/t14-/m1/s1. The molecule has 0 bridgehead atoms. The van der Waals surface area contributed by atoms with E-state index in [1.165, 1.54) is 38.5 Å². The van der Waals surface area contributed by atoms with Crippen molar-refractivity contribution in [2.24, 2.45) is 17.3 Å². The van der Waals surface area contributed by atoms with Crippen LogP contribution in [0, 0.1) is 17.3 Å². The predicted octanol–water partition coefficient (Wildman–Crippen LogP) is 4.64. The van der Waals surface area contributed by atoms with Crippen molar-refractivity contribution in [2.45, 2.75) is 73.1 Å². The minimum Gasteiger partial charge on any atom is -0.396 e. The Morgan fingerprint density at radius 1 is 0.938 bits per heavy atom. The van der Waals surface area contributed by atoms with Crippen molar-refractivity contribution < 1.29 is 5.11 Å². The van der Waals surface area contributed by atoms with Gasteiger partial charge < -0.3 is 5.11 Å². The topological polar surface area (TPSA) is 20.2 Å². The maximum Gasteiger partial charge on any atom is 0.0459 e. The van der Waals surface area contributed by atoms with E-state index in [-0.39, 0.29) is 0 Å². The number of aliphatic hydroxyl groups is 1. The van der Waals surface area contributed by atoms with Crippen LogP contribution >= 0.6 is 0 Å². The summed E-state index contributed by atoms with van der Waals surface area (Å²) in [5, 5.41) is 9.33. The van der Waals surface area contributed by atoms with E-state index in [9.17, 15) is 5.11 Å². The number of hydrogen-bond acceptors (Lipinski definition) is 1. The lowest BCUT2D eigenvalue weighted by atomic mass is 9.85. The molecule has 0 aromatic heterocycles. The maximum absolute atomic E-state index is 9.33. The molecule has 0 aromatic carbocycles. The third-order valence-electron chi connectivity index (χ3n) is 3.20. The summed E-state index contributed by atoms with van der Waals surface area (Å²) >= 11 is 0. The van der Waals surface area contributed by atoms with E-state index in [0.717, 1.165) is 5.92 Å². The van der Waals surface area contributed by atoms with Gasteiger partial charge in [-0.15, -0.1) is 0 Å². The van der Waals surface area contributed by atoms with Crippen molar-refractivity contribution in [1.82, 2.24) is 0 Å². The number of hydrogen-bond donors (Lipinski definition) is 1. The Labute approximate surface area is 103 Å². The van der Waals surface area contributed by atoms with Crippen molar-refractivity contribution in [3.8, 4) is 0 Å². The Balaban J connectivity index is 3.59. The lowest BCUT2D eigenvalue weighted by Gasteiger charge is -2.22. The zero-order chi connectivity index (χ0) is 12.6. The first kappa shape index (κ1) is 16.0. The zero-order valence-corrected chi connectivity index (χ0v) is 12.1. The van der Waals surface area contributed by atoms with Crippen molar-refractivity contribution in [1.29, 1.82) is 0 Å². The van der Waals surface area contributed by atoms with Crippen molar-refractivity contribution in [3.63, 3.8) is 0 Å². The van der Waals surface area contributed by atoms with Crippen LogP contribution in [0.5, 0.6) is 0 Å². The van der Waals surface area contributed by atoms with E-state index in [1.807, 2.05) is 0 Å². The van der Waals surface area contributed by atoms with Crippen LogP contribution in [0.25, 0.3) is 0 Å². The van der Waals surface area contributed by atoms with Crippen LogP contribution < -0.4 is 0 Å². The fraction of sp³-hybridized carbons (Fsp3) is 1.00. The van der Waals surface area contributed by atoms with E-state index >= 15 is 0 Å². The molecular weight excluding hydrogens is 196 g/mol. The number of rotatable bonds is 8. The summed E-state index contributed by atoms with van der Waals surface area (Å²) in [7, 11) is 0. The van der Waals surface area contributed by atoms with Gasteiger partial charge in [-0.1, -0.05) is 53.9 Å². The number of aliphatic hydroxyl groups excluding tert-OH is 1. The largest absolute Gasteiger partial charge is 0.396 e. The van der Waals surface area contributed by atoms with Crippen LogP contribution in [0.1, 0.15) is 73.1 Å². The van der Waals surface area contributed by atoms with Crippen LogP contribution in [0.15, 0.2) is 0 Å². The fourth-order valence-corrected chi connectivity index (χ4v) is 1.95. The van der Waals surface area contributed by atoms with Crippen LogP contribution in [-0.2, 0) is 0 Å². The van der Waals surface area contributed by atoms with Crippen molar-refractivity contribution >= 4 is 0 Å². The SMILES string of the molecule is CC(C)CCCC[C@@H](CO)CCC(C)(C)C. The van der Waals surface area contributed by atoms with Gasteiger partial charge in [-0.25, -0.2) is 0 Å². The third kappa shape index (κ3) is 10.5. The van der Waals surface area contributed by atoms with E-state index in [0.29, 0.717) is 17.9 Å². The molecule has 0 aliphatic carbocycles. The molecule has 98 valence electrons. The summed E-state index contributed by atoms with van der Waals surface area (Å²) in [6, 6.07) is 0. The molecule has 0 aliphatic rings. The van der Waals surface area contributed by atoms with Gasteiger partial charge in [0.1, 0.15) is 0 Å². The molecule has 0 radical (unpaired) electrons. The minimum absolute atomic E-state index is 0.373. The zero-order valence-electron chi connectivity index (χ0n) is 12.1. The monoisotopic (exact) mass is 228 g/mol. The average molecular weight is 228 g/mol. The van der Waals surface area contributed by atoms with Gasteiger partial charge >= 0.3 is 0 Å². The molecule has 0 spiro atoms. The summed E-state index contributed by atoms with van der Waals surface area (Å²) in [5.74, 6) is 1.36. The summed E-state index contributed by atoms with van der Waals surface area (Å²) < 4.78 is 0. The predicted molar refractivity (Wildman–Crippen MR) is 72.6 cm³/mol. The van der Waals surface area contributed by atoms with Gasteiger partial charge in [-0.2, -0.15) is 0 Å². The summed E-state index contributed by atoms with van der Waals surface area (Å²) in [4.78, 5) is 0. The molecular formula is C15H32O. The molecule has 0 unspecified atom stereocenters. The van der Waals surface area contributed by atoms with Gasteiger partial charge in [0.2, 0.25) is 0 Å². The van der Waals surface area contributed by atoms with E-state index in [2.05, 4.69) is 34.6 Å². The quantitative estimate of drug-likeness (QED) is 0.600. The minimum atomic E-state index is 0.373. The van der Waals surface area contributed by atoms with Crippen LogP contribution in [-0.4, -0.2) is 11.7 Å². The Morgan fingerprint density at radius 2 is 1.50 bits per heavy atom. The smallest absolute Gasteiger partial charge is 0.0459 e. The molecule has 1 atom stereocenters. The molecule has 0 rings (SSSR count). The first-order valence-electron chi connectivity index (χ1n) is 6.96. The fourth-order valence-electron chi connectivity index (χ4n) is 1.95. The highest BCUT2D eigenvalue weighted by molar-refractivity contribution is 4.66. The molecule has 0 aliphatic heterocycles. The van der Waals surface area contributed by atoms with E-state index in [1.54, 1.807) is 0 Å². The molecule has 1 heteroatoms. The maximum atomic E-state index is 9.33. The lowest BCUT2D eigenvalue weighted by Crippen LogP contribution is -2.12. The highest BCUT2D eigenvalue weighted by Crippen LogP contribution is 2.26. The molecule has 0 saturated heterocycles. The van der Waals surface area contributed by atoms with Gasteiger partial charge in [0.25, 0.3) is 0 Å². The molecule has 0 aromatic rings. The summed E-state index contributed by atoms with van der Waals surface area (Å²) in [6.45, 7) is 11.8. The average Bonchev–Trinajstić information content (AvgIpc) is 2.15. The first-order valence-corrected chi connectivity index (χ1v) is 6.96. The third-order valence-corrected chi connectivity index (χ3v) is 3.20. The Morgan fingerprint density at radius 3 is 1.94 bits per heavy atom. The molecule has 16 heavy (non-hydrogen) atoms. The van der Waals surface area contributed by atoms with Crippen LogP contribution in [0.2, 0.25) is 0 Å². The Bertz CT molecular complexity index is 155. The summed E-state index contributed by atoms with van der Waals surface area (Å²) in [5.41, 5.74) is 0.408. The summed E-state index contributed by atoms with van der Waals surface area (Å²) in [6.07, 6.45) is 7.55. The van der Waals surface area contributed by atoms with Crippen LogP contribution in [0.3, 0.4) is 0 Å². The van der Waals surface area contributed by atoms with Gasteiger partial charge in [-0.3, -0.25) is 0 Å². The van der Waals surface area contributed by atoms with Gasteiger partial charge in [0.15, 0.2) is 0 Å². The van der Waals surface area contributed by atoms with Gasteiger partial charge in [0.05, 0.1) is 0 Å². The Hall–Kier alpha value is -0.0400. The van der Waals surface area contributed by atoms with E-state index < -0.39 is 0 Å². The first-order chi connectivity index (χ1) is 7.35.